The number of hydrogen-bond donors (Lipinski definition) is 0. The van der Waals surface area contributed by atoms with Crippen molar-refractivity contribution in [1.29, 1.82) is 0 Å². The fourth-order valence-corrected chi connectivity index (χ4v) is 0. The van der Waals surface area contributed by atoms with Crippen LogP contribution in [0.2, 0.25) is 0 Å². The Morgan fingerprint density at radius 2 is 1.00 bits per heavy atom. The van der Waals surface area contributed by atoms with E-state index in [1.807, 2.05) is 0 Å². The van der Waals surface area contributed by atoms with Crippen molar-refractivity contribution in [3.05, 3.63) is 0 Å². The number of rotatable bonds is 0. The van der Waals surface area contributed by atoms with E-state index < -0.39 is 0 Å². The van der Waals surface area contributed by atoms with E-state index in [0.29, 0.717) is 0 Å². The second-order valence-electron chi connectivity index (χ2n) is 0. The summed E-state index contributed by atoms with van der Waals surface area (Å²) in [6, 6.07) is 0. The molecule has 0 bridgehead atoms. The van der Waals surface area contributed by atoms with Crippen molar-refractivity contribution in [2.75, 3.05) is 0 Å². The maximum Gasteiger partial charge on any atom is 0 e. The Morgan fingerprint density at radius 1 is 1.00 bits per heavy atom. The first-order valence-electron chi connectivity index (χ1n) is 0. The third-order valence-corrected chi connectivity index (χ3v) is 0. The zero-order valence-electron chi connectivity index (χ0n) is 1.73. The molecule has 0 saturated carbocycles. The standard InChI is InChI=1S/Bi.Cu.In.Se. The minimum absolute atomic E-state index is 0. The molecule has 25 valence electrons. The summed E-state index contributed by atoms with van der Waals surface area (Å²) in [5.41, 5.74) is 0. The van der Waals surface area contributed by atoms with Crippen molar-refractivity contribution in [2.45, 2.75) is 0 Å². The molecular weight excluding hydrogens is 466 g/mol. The Kier molecular flexibility index (Phi) is 125. The van der Waals surface area contributed by atoms with Gasteiger partial charge in [-0.2, -0.15) is 0 Å². The van der Waals surface area contributed by atoms with Crippen LogP contribution < -0.4 is 0 Å². The molecule has 0 unspecified atom stereocenters. The number of hydrogen-bond acceptors (Lipinski definition) is 0. The van der Waals surface area contributed by atoms with Crippen molar-refractivity contribution >= 4 is 69.1 Å². The van der Waals surface area contributed by atoms with Crippen LogP contribution in [-0.4, -0.2) is 69.1 Å². The SMILES string of the molecule is [Bi].[Cu].[In].[Se]. The molecule has 0 N–H and O–H groups in total. The molecule has 0 aromatic heterocycles. The molecule has 0 aromatic carbocycles. The van der Waals surface area contributed by atoms with E-state index in [1.54, 1.807) is 0 Å². The fourth-order valence-electron chi connectivity index (χ4n) is 0. The van der Waals surface area contributed by atoms with Crippen molar-refractivity contribution < 1.29 is 17.1 Å². The zero-order valence-corrected chi connectivity index (χ0v) is 11.2. The van der Waals surface area contributed by atoms with Gasteiger partial charge in [0.15, 0.2) is 0 Å². The fraction of sp³-hybridized carbons (Fsp3) is 0. The Hall–Kier alpha value is 2.79. The van der Waals surface area contributed by atoms with Gasteiger partial charge >= 0.3 is 0 Å². The molecule has 0 amide bonds. The molecule has 4 heavy (non-hydrogen) atoms. The van der Waals surface area contributed by atoms with Gasteiger partial charge in [0.1, 0.15) is 0 Å². The summed E-state index contributed by atoms with van der Waals surface area (Å²) in [5, 5.41) is 0. The van der Waals surface area contributed by atoms with Gasteiger partial charge in [-0.05, 0) is 0 Å². The van der Waals surface area contributed by atoms with E-state index in [-0.39, 0.29) is 86.2 Å². The second kappa shape index (κ2) is 17.1. The van der Waals surface area contributed by atoms with Crippen LogP contribution in [0, 0.1) is 0 Å². The summed E-state index contributed by atoms with van der Waals surface area (Å²) >= 11 is 0. The molecule has 0 aliphatic rings. The normalized spacial score (nSPS) is 0. The summed E-state index contributed by atoms with van der Waals surface area (Å²) in [6.45, 7) is 0. The van der Waals surface area contributed by atoms with Crippen LogP contribution in [0.5, 0.6) is 0 Å². The van der Waals surface area contributed by atoms with E-state index in [9.17, 15) is 0 Å². The molecule has 0 aliphatic heterocycles. The van der Waals surface area contributed by atoms with Crippen LogP contribution in [0.3, 0.4) is 0 Å². The summed E-state index contributed by atoms with van der Waals surface area (Å²) in [6.07, 6.45) is 0. The minimum Gasteiger partial charge on any atom is 0 e. The average molecular weight is 466 g/mol. The molecular formula is BiCuInSe. The molecule has 0 atom stereocenters. The second-order valence-corrected chi connectivity index (χ2v) is 0. The van der Waals surface area contributed by atoms with Crippen LogP contribution in [0.4, 0.5) is 0 Å². The molecule has 4 heteroatoms. The first-order valence-corrected chi connectivity index (χ1v) is 0. The van der Waals surface area contributed by atoms with Crippen LogP contribution in [-0.2, 0) is 17.1 Å². The minimum atomic E-state index is 0. The van der Waals surface area contributed by atoms with Crippen molar-refractivity contribution in [3.63, 3.8) is 0 Å². The summed E-state index contributed by atoms with van der Waals surface area (Å²) in [4.78, 5) is 0. The van der Waals surface area contributed by atoms with Crippen molar-refractivity contribution in [2.24, 2.45) is 0 Å². The predicted molar refractivity (Wildman–Crippen MR) is 17.3 cm³/mol. The third-order valence-electron chi connectivity index (χ3n) is 0. The van der Waals surface area contributed by atoms with E-state index in [4.69, 9.17) is 0 Å². The summed E-state index contributed by atoms with van der Waals surface area (Å²) < 4.78 is 0. The Labute approximate surface area is 84.7 Å². The Balaban J connectivity index is 0. The summed E-state index contributed by atoms with van der Waals surface area (Å²) in [7, 11) is 0. The van der Waals surface area contributed by atoms with E-state index in [0.717, 1.165) is 0 Å². The van der Waals surface area contributed by atoms with Gasteiger partial charge < -0.3 is 0 Å². The smallest absolute Gasteiger partial charge is 0 e. The molecule has 0 nitrogen and oxygen atoms in total. The van der Waals surface area contributed by atoms with Crippen LogP contribution >= 0.6 is 0 Å². The maximum atomic E-state index is 0. The zero-order chi connectivity index (χ0) is 0. The van der Waals surface area contributed by atoms with Gasteiger partial charge in [-0.3, -0.25) is 0 Å². The third kappa shape index (κ3) is 8.84. The van der Waals surface area contributed by atoms with E-state index in [1.165, 1.54) is 0 Å². The van der Waals surface area contributed by atoms with Gasteiger partial charge in [0, 0.05) is 86.2 Å². The van der Waals surface area contributed by atoms with Gasteiger partial charge in [-0.1, -0.05) is 0 Å². The molecule has 0 aliphatic carbocycles. The predicted octanol–water partition coefficient (Wildman–Crippen LogP) is -1.14. The van der Waals surface area contributed by atoms with Gasteiger partial charge in [-0.25, -0.2) is 0 Å². The first-order chi connectivity index (χ1) is 0. The van der Waals surface area contributed by atoms with Crippen molar-refractivity contribution in [1.82, 2.24) is 0 Å². The largest absolute Gasteiger partial charge is 0 e. The molecule has 0 saturated heterocycles. The Bertz CT molecular complexity index is 8.00. The molecule has 0 heterocycles. The van der Waals surface area contributed by atoms with Crippen molar-refractivity contribution in [3.8, 4) is 0 Å². The average Bonchev–Trinajstić information content (AvgIpc) is 0. The first kappa shape index (κ1) is 29.2. The quantitative estimate of drug-likeness (QED) is 0.396. The molecule has 0 spiro atoms. The summed E-state index contributed by atoms with van der Waals surface area (Å²) in [5.74, 6) is 0. The van der Waals surface area contributed by atoms with Gasteiger partial charge in [-0.15, -0.1) is 0 Å². The Morgan fingerprint density at radius 3 is 1.00 bits per heavy atom. The molecule has 9 radical (unpaired) electrons. The van der Waals surface area contributed by atoms with E-state index in [2.05, 4.69) is 0 Å². The van der Waals surface area contributed by atoms with Crippen LogP contribution in [0.15, 0.2) is 0 Å². The van der Waals surface area contributed by atoms with Crippen LogP contribution in [0.1, 0.15) is 0 Å². The molecule has 0 aromatic rings. The van der Waals surface area contributed by atoms with Gasteiger partial charge in [0.25, 0.3) is 0 Å². The van der Waals surface area contributed by atoms with E-state index >= 15 is 0 Å². The maximum absolute atomic E-state index is 0. The topological polar surface area (TPSA) is 0 Å². The van der Waals surface area contributed by atoms with Gasteiger partial charge in [0.2, 0.25) is 0 Å². The molecule has 0 fully saturated rings. The monoisotopic (exact) mass is 467 g/mol. The van der Waals surface area contributed by atoms with Gasteiger partial charge in [0.05, 0.1) is 0 Å². The van der Waals surface area contributed by atoms with Crippen LogP contribution in [0.25, 0.3) is 0 Å². The molecule has 0 rings (SSSR count).